The number of anilines is 1. The lowest BCUT2D eigenvalue weighted by atomic mass is 10.6. The number of carbonyl (C=O) groups excluding carboxylic acids is 1. The van der Waals surface area contributed by atoms with E-state index in [2.05, 4.69) is 24.9 Å². The summed E-state index contributed by atoms with van der Waals surface area (Å²) in [4.78, 5) is 24.5. The van der Waals surface area contributed by atoms with Crippen molar-refractivity contribution in [3.8, 4) is 11.8 Å². The number of nitrogens with zero attached hydrogens (tertiary/aromatic N) is 5. The van der Waals surface area contributed by atoms with Crippen molar-refractivity contribution in [2.24, 2.45) is 9.63 Å². The summed E-state index contributed by atoms with van der Waals surface area (Å²) < 4.78 is 36.3. The number of hydrogen-bond donors (Lipinski definition) is 1. The molecule has 0 aliphatic carbocycles. The fourth-order valence-electron chi connectivity index (χ4n) is 1.78. The molecule has 1 aromatic rings. The molecule has 1 atom stereocenters. The molecule has 2 rings (SSSR count). The molecule has 0 saturated carbocycles. The number of aromatic nitrogens is 2. The van der Waals surface area contributed by atoms with Gasteiger partial charge in [-0.05, 0) is 12.3 Å². The van der Waals surface area contributed by atoms with Crippen molar-refractivity contribution in [2.45, 2.75) is 11.6 Å². The molecule has 1 aliphatic rings. The molecule has 2 amide bonds. The van der Waals surface area contributed by atoms with Gasteiger partial charge >= 0.3 is 16.1 Å². The van der Waals surface area contributed by atoms with Crippen LogP contribution in [0.3, 0.4) is 0 Å². The number of amides is 2. The summed E-state index contributed by atoms with van der Waals surface area (Å²) in [7, 11) is -0.0825. The Morgan fingerprint density at radius 1 is 1.27 bits per heavy atom. The summed E-state index contributed by atoms with van der Waals surface area (Å²) in [5, 5.41) is 8.07. The maximum absolute atomic E-state index is 12.2. The van der Waals surface area contributed by atoms with Crippen LogP contribution in [0.25, 0.3) is 0 Å². The first-order chi connectivity index (χ1) is 12.3. The van der Waals surface area contributed by atoms with Gasteiger partial charge in [-0.3, -0.25) is 10.2 Å². The summed E-state index contributed by atoms with van der Waals surface area (Å²) in [6, 6.07) is 0.314. The molecule has 26 heavy (non-hydrogen) atoms. The van der Waals surface area contributed by atoms with Crippen LogP contribution in [0.2, 0.25) is 0 Å². The molecule has 0 radical (unpaired) electrons. The summed E-state index contributed by atoms with van der Waals surface area (Å²) in [5.41, 5.74) is 0.586. The fourth-order valence-corrected chi connectivity index (χ4v) is 4.16. The number of hydrogen-bond acceptors (Lipinski definition) is 10. The molecule has 1 N–H and O–H groups in total. The molecule has 14 heteroatoms. The number of thioether (sulfide) groups is 1. The van der Waals surface area contributed by atoms with Gasteiger partial charge in [-0.25, -0.2) is 9.86 Å². The van der Waals surface area contributed by atoms with E-state index in [0.717, 1.165) is 16.8 Å². The van der Waals surface area contributed by atoms with Crippen LogP contribution in [0.15, 0.2) is 26.8 Å². The Morgan fingerprint density at radius 3 is 2.42 bits per heavy atom. The molecule has 0 fully saturated rings. The molecule has 142 valence electrons. The van der Waals surface area contributed by atoms with Gasteiger partial charge in [-0.15, -0.1) is 0 Å². The third-order valence-corrected chi connectivity index (χ3v) is 5.88. The number of methoxy groups -OCH3 is 2. The second-order valence-electron chi connectivity index (χ2n) is 4.61. The van der Waals surface area contributed by atoms with Gasteiger partial charge in [0.15, 0.2) is 0 Å². The van der Waals surface area contributed by atoms with Crippen molar-refractivity contribution < 1.29 is 27.5 Å². The van der Waals surface area contributed by atoms with E-state index in [1.807, 2.05) is 0 Å². The minimum absolute atomic E-state index is 0.136. The third-order valence-electron chi connectivity index (χ3n) is 2.91. The van der Waals surface area contributed by atoms with E-state index in [0.29, 0.717) is 5.70 Å². The average molecular weight is 404 g/mol. The molecule has 0 aromatic carbocycles. The lowest BCUT2D eigenvalue weighted by Gasteiger charge is -2.22. The van der Waals surface area contributed by atoms with Crippen molar-refractivity contribution >= 4 is 33.8 Å². The fraction of sp³-hybridized carbons (Fsp3) is 0.417. The van der Waals surface area contributed by atoms with Gasteiger partial charge < -0.3 is 9.47 Å². The van der Waals surface area contributed by atoms with Crippen molar-refractivity contribution in [3.63, 3.8) is 0 Å². The van der Waals surface area contributed by atoms with Crippen molar-refractivity contribution in [3.05, 3.63) is 17.2 Å². The Kier molecular flexibility index (Phi) is 6.33. The van der Waals surface area contributed by atoms with Crippen LogP contribution in [-0.2, 0) is 14.9 Å². The van der Waals surface area contributed by atoms with E-state index < -0.39 is 20.8 Å². The topological polar surface area (TPSA) is 145 Å². The summed E-state index contributed by atoms with van der Waals surface area (Å²) in [6.45, 7) is 1.67. The summed E-state index contributed by atoms with van der Waals surface area (Å²) >= 11 is 0.963. The molecule has 1 aliphatic heterocycles. The first-order valence-electron chi connectivity index (χ1n) is 6.91. The number of sulfonamides is 1. The van der Waals surface area contributed by atoms with Crippen LogP contribution in [0, 0.1) is 0 Å². The van der Waals surface area contributed by atoms with Crippen LogP contribution < -0.4 is 14.8 Å². The number of allylic oxidation sites excluding steroid dienone is 1. The van der Waals surface area contributed by atoms with Crippen LogP contribution in [0.1, 0.15) is 6.92 Å². The second-order valence-corrected chi connectivity index (χ2v) is 7.51. The minimum atomic E-state index is -4.15. The molecular formula is C12H16N6O6S2. The summed E-state index contributed by atoms with van der Waals surface area (Å²) in [6.07, 6.45) is 0. The first kappa shape index (κ1) is 19.9. The van der Waals surface area contributed by atoms with E-state index in [1.165, 1.54) is 27.4 Å². The van der Waals surface area contributed by atoms with E-state index in [4.69, 9.17) is 14.3 Å². The predicted molar refractivity (Wildman–Crippen MR) is 91.9 cm³/mol. The van der Waals surface area contributed by atoms with Crippen molar-refractivity contribution in [2.75, 3.05) is 26.6 Å². The van der Waals surface area contributed by atoms with Gasteiger partial charge in [0.05, 0.1) is 27.4 Å². The Morgan fingerprint density at radius 2 is 1.88 bits per heavy atom. The largest absolute Gasteiger partial charge is 0.481 e. The van der Waals surface area contributed by atoms with E-state index in [9.17, 15) is 13.2 Å². The molecule has 12 nitrogen and oxygen atoms in total. The molecular weight excluding hydrogens is 388 g/mol. The Labute approximate surface area is 153 Å². The van der Waals surface area contributed by atoms with Gasteiger partial charge in [0.2, 0.25) is 22.4 Å². The van der Waals surface area contributed by atoms with Crippen LogP contribution >= 0.6 is 11.8 Å². The highest BCUT2D eigenvalue weighted by Crippen LogP contribution is 2.34. The first-order valence-corrected chi connectivity index (χ1v) is 9.35. The molecule has 0 spiro atoms. The number of ether oxygens (including phenoxy) is 2. The molecule has 1 unspecified atom stereocenters. The molecule has 2 heterocycles. The lowest BCUT2D eigenvalue weighted by molar-refractivity contribution is -0.0898. The van der Waals surface area contributed by atoms with Gasteiger partial charge in [0, 0.05) is 5.70 Å². The number of hydroxylamine groups is 2. The standard InChI is InChI=1S/C12H16N6O6S2/c1-7-6-25-12(18(7)24-4)26(20,21)17-16-11(19)15-10-13-8(22-2)5-9(14-10)23-3/h5-6,12H,1-4H3,(H,13,14,15,19)/b17-16+. The van der Waals surface area contributed by atoms with Crippen LogP contribution in [-0.4, -0.2) is 55.5 Å². The monoisotopic (exact) mass is 404 g/mol. The quantitative estimate of drug-likeness (QED) is 0.693. The van der Waals surface area contributed by atoms with Gasteiger partial charge in [-0.2, -0.15) is 18.4 Å². The van der Waals surface area contributed by atoms with Gasteiger partial charge in [0.1, 0.15) is 0 Å². The van der Waals surface area contributed by atoms with E-state index >= 15 is 0 Å². The maximum atomic E-state index is 12.2. The zero-order valence-electron chi connectivity index (χ0n) is 14.2. The normalized spacial score (nSPS) is 17.3. The third kappa shape index (κ3) is 4.59. The Hall–Kier alpha value is -2.45. The number of nitrogens with one attached hydrogen (secondary N) is 1. The molecule has 0 saturated heterocycles. The van der Waals surface area contributed by atoms with Gasteiger partial charge in [-0.1, -0.05) is 21.4 Å². The Bertz CT molecular complexity index is 820. The van der Waals surface area contributed by atoms with Crippen LogP contribution in [0.5, 0.6) is 11.8 Å². The van der Waals surface area contributed by atoms with E-state index in [1.54, 1.807) is 12.3 Å². The predicted octanol–water partition coefficient (Wildman–Crippen LogP) is 1.56. The van der Waals surface area contributed by atoms with Crippen molar-refractivity contribution in [1.82, 2.24) is 15.0 Å². The molecule has 0 bridgehead atoms. The van der Waals surface area contributed by atoms with Crippen molar-refractivity contribution in [1.29, 1.82) is 0 Å². The molecule has 1 aromatic heterocycles. The lowest BCUT2D eigenvalue weighted by Crippen LogP contribution is -2.32. The highest BCUT2D eigenvalue weighted by atomic mass is 32.3. The second kappa shape index (κ2) is 8.29. The Balaban J connectivity index is 2.10. The van der Waals surface area contributed by atoms with E-state index in [-0.39, 0.29) is 17.7 Å². The summed E-state index contributed by atoms with van der Waals surface area (Å²) in [5.74, 6) is 0.0847. The number of carbonyl (C=O) groups is 1. The van der Waals surface area contributed by atoms with Crippen LogP contribution in [0.4, 0.5) is 10.7 Å². The number of urea groups is 1. The number of rotatable bonds is 6. The highest BCUT2D eigenvalue weighted by molar-refractivity contribution is 8.14. The average Bonchev–Trinajstić information content (AvgIpc) is 3.01. The maximum Gasteiger partial charge on any atom is 0.367 e. The minimum Gasteiger partial charge on any atom is -0.481 e. The zero-order valence-corrected chi connectivity index (χ0v) is 15.9. The smallest absolute Gasteiger partial charge is 0.367 e. The SMILES string of the molecule is COc1cc(OC)nc(NC(=O)/N=N/S(=O)(=O)C2SC=C(C)N2OC)n1. The highest BCUT2D eigenvalue weighted by Gasteiger charge is 2.37. The zero-order chi connectivity index (χ0) is 19.3. The van der Waals surface area contributed by atoms with Gasteiger partial charge in [0.25, 0.3) is 0 Å².